The molecule has 0 saturated carbocycles. The van der Waals surface area contributed by atoms with Crippen LogP contribution in [0.1, 0.15) is 16.1 Å². The van der Waals surface area contributed by atoms with E-state index >= 15 is 0 Å². The third-order valence-electron chi connectivity index (χ3n) is 2.91. The second kappa shape index (κ2) is 5.34. The highest BCUT2D eigenvalue weighted by Crippen LogP contribution is 2.23. The molecule has 0 aliphatic carbocycles. The lowest BCUT2D eigenvalue weighted by Gasteiger charge is -2.05. The Kier molecular flexibility index (Phi) is 3.39. The molecule has 5 nitrogen and oxygen atoms in total. The normalized spacial score (nSPS) is 10.7. The van der Waals surface area contributed by atoms with Crippen LogP contribution in [0.25, 0.3) is 4.96 Å². The molecule has 20 heavy (non-hydrogen) atoms. The van der Waals surface area contributed by atoms with Gasteiger partial charge in [-0.05, 0) is 17.7 Å². The highest BCUT2D eigenvalue weighted by molar-refractivity contribution is 7.15. The summed E-state index contributed by atoms with van der Waals surface area (Å²) in [5, 5.41) is 1.88. The Hall–Kier alpha value is -2.34. The average Bonchev–Trinajstić information content (AvgIpc) is 3.05. The van der Waals surface area contributed by atoms with Crippen LogP contribution in [0, 0.1) is 0 Å². The minimum atomic E-state index is 0.357. The summed E-state index contributed by atoms with van der Waals surface area (Å²) < 4.78 is 12.5. The summed E-state index contributed by atoms with van der Waals surface area (Å²) in [6, 6.07) is 7.56. The van der Waals surface area contributed by atoms with Crippen molar-refractivity contribution in [1.29, 1.82) is 0 Å². The van der Waals surface area contributed by atoms with E-state index in [0.29, 0.717) is 18.2 Å². The zero-order valence-electron chi connectivity index (χ0n) is 10.8. The monoisotopic (exact) mass is 288 g/mol. The molecule has 0 fully saturated rings. The van der Waals surface area contributed by atoms with Crippen LogP contribution in [0.4, 0.5) is 0 Å². The third kappa shape index (κ3) is 2.25. The molecule has 2 aromatic heterocycles. The van der Waals surface area contributed by atoms with Gasteiger partial charge in [0.25, 0.3) is 0 Å². The zero-order chi connectivity index (χ0) is 13.9. The fourth-order valence-corrected chi connectivity index (χ4v) is 2.58. The molecule has 0 radical (unpaired) electrons. The van der Waals surface area contributed by atoms with E-state index in [1.165, 1.54) is 11.3 Å². The Morgan fingerprint density at radius 3 is 2.85 bits per heavy atom. The van der Waals surface area contributed by atoms with Gasteiger partial charge in [-0.15, -0.1) is 11.3 Å². The standard InChI is InChI=1S/C14H12N2O3S/c1-18-11-4-2-10(3-5-11)9-19-13-12(8-17)16-6-7-20-14(16)15-13/h2-8H,9H2,1H3. The van der Waals surface area contributed by atoms with Crippen LogP contribution in [0.15, 0.2) is 35.8 Å². The van der Waals surface area contributed by atoms with Gasteiger partial charge >= 0.3 is 0 Å². The molecule has 0 atom stereocenters. The number of methoxy groups -OCH3 is 1. The topological polar surface area (TPSA) is 52.8 Å². The van der Waals surface area contributed by atoms with E-state index in [-0.39, 0.29) is 0 Å². The van der Waals surface area contributed by atoms with Crippen molar-refractivity contribution in [2.45, 2.75) is 6.61 Å². The number of nitrogens with zero attached hydrogens (tertiary/aromatic N) is 2. The van der Waals surface area contributed by atoms with Gasteiger partial charge in [0.2, 0.25) is 5.88 Å². The first-order chi connectivity index (χ1) is 9.81. The third-order valence-corrected chi connectivity index (χ3v) is 3.67. The fraction of sp³-hybridized carbons (Fsp3) is 0.143. The van der Waals surface area contributed by atoms with Gasteiger partial charge in [0, 0.05) is 11.6 Å². The predicted molar refractivity (Wildman–Crippen MR) is 75.8 cm³/mol. The average molecular weight is 288 g/mol. The van der Waals surface area contributed by atoms with Crippen molar-refractivity contribution in [3.8, 4) is 11.6 Å². The summed E-state index contributed by atoms with van der Waals surface area (Å²) in [5.41, 5.74) is 1.42. The molecule has 6 heteroatoms. The zero-order valence-corrected chi connectivity index (χ0v) is 11.6. The second-order valence-electron chi connectivity index (χ2n) is 4.11. The number of imidazole rings is 1. The number of hydrogen-bond acceptors (Lipinski definition) is 5. The largest absolute Gasteiger partial charge is 0.497 e. The summed E-state index contributed by atoms with van der Waals surface area (Å²) >= 11 is 1.46. The maximum atomic E-state index is 11.1. The number of hydrogen-bond donors (Lipinski definition) is 0. The Balaban J connectivity index is 1.78. The molecule has 0 unspecified atom stereocenters. The number of benzene rings is 1. The van der Waals surface area contributed by atoms with Crippen LogP contribution in [0.2, 0.25) is 0 Å². The van der Waals surface area contributed by atoms with Gasteiger partial charge in [0.15, 0.2) is 16.9 Å². The van der Waals surface area contributed by atoms with Gasteiger partial charge in [0.1, 0.15) is 12.4 Å². The number of aromatic nitrogens is 2. The molecule has 3 aromatic rings. The van der Waals surface area contributed by atoms with Gasteiger partial charge < -0.3 is 9.47 Å². The van der Waals surface area contributed by atoms with E-state index in [2.05, 4.69) is 4.98 Å². The maximum Gasteiger partial charge on any atom is 0.244 e. The molecule has 102 valence electrons. The predicted octanol–water partition coefficient (Wildman–Crippen LogP) is 2.80. The van der Waals surface area contributed by atoms with Gasteiger partial charge in [-0.25, -0.2) is 0 Å². The first-order valence-electron chi connectivity index (χ1n) is 5.98. The van der Waals surface area contributed by atoms with Gasteiger partial charge in [0.05, 0.1) is 7.11 Å². The van der Waals surface area contributed by atoms with Crippen molar-refractivity contribution in [3.63, 3.8) is 0 Å². The Morgan fingerprint density at radius 2 is 2.15 bits per heavy atom. The van der Waals surface area contributed by atoms with E-state index in [1.807, 2.05) is 29.6 Å². The molecule has 0 aliphatic heterocycles. The first-order valence-corrected chi connectivity index (χ1v) is 6.86. The molecule has 2 heterocycles. The van der Waals surface area contributed by atoms with E-state index in [0.717, 1.165) is 22.6 Å². The number of carbonyl (C=O) groups excluding carboxylic acids is 1. The van der Waals surface area contributed by atoms with Gasteiger partial charge in [-0.2, -0.15) is 4.98 Å². The van der Waals surface area contributed by atoms with Crippen molar-refractivity contribution in [2.75, 3.05) is 7.11 Å². The first kappa shape index (κ1) is 12.7. The van der Waals surface area contributed by atoms with E-state index < -0.39 is 0 Å². The molecule has 0 amide bonds. The number of thiazole rings is 1. The maximum absolute atomic E-state index is 11.1. The van der Waals surface area contributed by atoms with Crippen molar-refractivity contribution >= 4 is 22.6 Å². The lowest BCUT2D eigenvalue weighted by atomic mass is 10.2. The van der Waals surface area contributed by atoms with Crippen LogP contribution in [-0.4, -0.2) is 22.8 Å². The molecule has 0 spiro atoms. The molecule has 1 aromatic carbocycles. The lowest BCUT2D eigenvalue weighted by molar-refractivity contribution is 0.111. The van der Waals surface area contributed by atoms with Gasteiger partial charge in [-0.3, -0.25) is 9.20 Å². The van der Waals surface area contributed by atoms with Crippen LogP contribution in [0.3, 0.4) is 0 Å². The number of ether oxygens (including phenoxy) is 2. The molecule has 0 N–H and O–H groups in total. The van der Waals surface area contributed by atoms with Gasteiger partial charge in [-0.1, -0.05) is 12.1 Å². The fourth-order valence-electron chi connectivity index (χ4n) is 1.87. The minimum absolute atomic E-state index is 0.357. The molecule has 0 saturated heterocycles. The van der Waals surface area contributed by atoms with Crippen molar-refractivity contribution in [3.05, 3.63) is 47.1 Å². The number of carbonyl (C=O) groups is 1. The lowest BCUT2D eigenvalue weighted by Crippen LogP contribution is -1.99. The van der Waals surface area contributed by atoms with Crippen molar-refractivity contribution in [2.24, 2.45) is 0 Å². The second-order valence-corrected chi connectivity index (χ2v) is 4.99. The van der Waals surface area contributed by atoms with Crippen molar-refractivity contribution in [1.82, 2.24) is 9.38 Å². The van der Waals surface area contributed by atoms with E-state index in [4.69, 9.17) is 9.47 Å². The quantitative estimate of drug-likeness (QED) is 0.677. The minimum Gasteiger partial charge on any atom is -0.497 e. The molecular formula is C14H12N2O3S. The molecule has 3 rings (SSSR count). The Labute approximate surface area is 119 Å². The van der Waals surface area contributed by atoms with Crippen LogP contribution < -0.4 is 9.47 Å². The van der Waals surface area contributed by atoms with Crippen LogP contribution in [0.5, 0.6) is 11.6 Å². The molecule has 0 bridgehead atoms. The van der Waals surface area contributed by atoms with Crippen molar-refractivity contribution < 1.29 is 14.3 Å². The summed E-state index contributed by atoms with van der Waals surface area (Å²) in [5.74, 6) is 1.16. The Bertz CT molecular complexity index is 731. The van der Waals surface area contributed by atoms with E-state index in [1.54, 1.807) is 17.7 Å². The van der Waals surface area contributed by atoms with Crippen LogP contribution in [-0.2, 0) is 6.61 Å². The molecule has 0 aliphatic rings. The molecular weight excluding hydrogens is 276 g/mol. The SMILES string of the molecule is COc1ccc(COc2nc3sccn3c2C=O)cc1. The number of aldehydes is 1. The van der Waals surface area contributed by atoms with E-state index in [9.17, 15) is 4.79 Å². The number of rotatable bonds is 5. The highest BCUT2D eigenvalue weighted by atomic mass is 32.1. The summed E-state index contributed by atoms with van der Waals surface area (Å²) in [6.07, 6.45) is 2.56. The summed E-state index contributed by atoms with van der Waals surface area (Å²) in [4.78, 5) is 16.2. The van der Waals surface area contributed by atoms with Crippen LogP contribution >= 0.6 is 11.3 Å². The number of fused-ring (bicyclic) bond motifs is 1. The smallest absolute Gasteiger partial charge is 0.244 e. The highest BCUT2D eigenvalue weighted by Gasteiger charge is 2.13. The summed E-state index contributed by atoms with van der Waals surface area (Å²) in [7, 11) is 1.62. The summed E-state index contributed by atoms with van der Waals surface area (Å²) in [6.45, 7) is 0.357. The Morgan fingerprint density at radius 1 is 1.35 bits per heavy atom.